The Hall–Kier alpha value is -1.88. The molecule has 0 saturated carbocycles. The Bertz CT molecular complexity index is 552. The molecule has 0 atom stereocenters. The third-order valence-electron chi connectivity index (χ3n) is 4.08. The maximum Gasteiger partial charge on any atom is 0.244 e. The minimum Gasteiger partial charge on any atom is -0.494 e. The van der Waals surface area contributed by atoms with Crippen LogP contribution in [-0.2, 0) is 4.79 Å². The van der Waals surface area contributed by atoms with Gasteiger partial charge in [-0.25, -0.2) is 4.39 Å². The zero-order valence-corrected chi connectivity index (χ0v) is 13.8. The van der Waals surface area contributed by atoms with Crippen molar-refractivity contribution >= 4 is 12.0 Å². The first-order chi connectivity index (χ1) is 11.1. The van der Waals surface area contributed by atoms with Crippen molar-refractivity contribution in [2.75, 3.05) is 26.7 Å². The maximum atomic E-state index is 13.6. The van der Waals surface area contributed by atoms with Gasteiger partial charge in [0.15, 0.2) is 11.6 Å². The highest BCUT2D eigenvalue weighted by Crippen LogP contribution is 2.18. The number of rotatable bonds is 6. The van der Waals surface area contributed by atoms with E-state index < -0.39 is 5.82 Å². The number of nitrogens with one attached hydrogen (secondary N) is 1. The summed E-state index contributed by atoms with van der Waals surface area (Å²) in [7, 11) is 1.42. The Labute approximate surface area is 137 Å². The van der Waals surface area contributed by atoms with Gasteiger partial charge in [-0.15, -0.1) is 0 Å². The Kier molecular flexibility index (Phi) is 6.59. The fourth-order valence-electron chi connectivity index (χ4n) is 2.82. The highest BCUT2D eigenvalue weighted by molar-refractivity contribution is 5.91. The number of methoxy groups -OCH3 is 1. The van der Waals surface area contributed by atoms with E-state index in [2.05, 4.69) is 17.1 Å². The van der Waals surface area contributed by atoms with E-state index in [1.807, 2.05) is 0 Å². The molecule has 0 radical (unpaired) electrons. The molecule has 1 saturated heterocycles. The van der Waals surface area contributed by atoms with Crippen LogP contribution in [0.4, 0.5) is 4.39 Å². The minimum atomic E-state index is -0.432. The number of carbonyl (C=O) groups is 1. The lowest BCUT2D eigenvalue weighted by atomic mass is 10.0. The van der Waals surface area contributed by atoms with Gasteiger partial charge < -0.3 is 15.0 Å². The molecule has 2 rings (SSSR count). The minimum absolute atomic E-state index is 0.129. The lowest BCUT2D eigenvalue weighted by Gasteiger charge is -2.31. The number of halogens is 1. The van der Waals surface area contributed by atoms with Crippen LogP contribution in [0.25, 0.3) is 6.08 Å². The number of carbonyl (C=O) groups excluding carboxylic acids is 1. The number of piperidine rings is 1. The van der Waals surface area contributed by atoms with Crippen LogP contribution < -0.4 is 10.1 Å². The summed E-state index contributed by atoms with van der Waals surface area (Å²) in [6.45, 7) is 5.38. The molecule has 0 aromatic heterocycles. The second-order valence-electron chi connectivity index (χ2n) is 5.85. The van der Waals surface area contributed by atoms with E-state index >= 15 is 0 Å². The largest absolute Gasteiger partial charge is 0.494 e. The molecular weight excluding hydrogens is 295 g/mol. The molecule has 0 bridgehead atoms. The zero-order valence-electron chi connectivity index (χ0n) is 13.8. The van der Waals surface area contributed by atoms with Crippen molar-refractivity contribution in [1.29, 1.82) is 0 Å². The number of likely N-dealkylation sites (tertiary alicyclic amines) is 1. The molecule has 1 aliphatic heterocycles. The molecule has 1 aliphatic rings. The summed E-state index contributed by atoms with van der Waals surface area (Å²) in [4.78, 5) is 14.4. The van der Waals surface area contributed by atoms with Crippen molar-refractivity contribution in [3.8, 4) is 5.75 Å². The van der Waals surface area contributed by atoms with Gasteiger partial charge in [0, 0.05) is 25.2 Å². The van der Waals surface area contributed by atoms with Crippen LogP contribution in [0, 0.1) is 5.82 Å². The highest BCUT2D eigenvalue weighted by Gasteiger charge is 2.19. The van der Waals surface area contributed by atoms with Gasteiger partial charge in [-0.1, -0.05) is 13.0 Å². The molecular formula is C18H25FN2O2. The van der Waals surface area contributed by atoms with Crippen molar-refractivity contribution in [3.05, 3.63) is 35.7 Å². The van der Waals surface area contributed by atoms with Crippen LogP contribution in [0.5, 0.6) is 5.75 Å². The number of hydrogen-bond donors (Lipinski definition) is 1. The van der Waals surface area contributed by atoms with Crippen molar-refractivity contribution in [3.63, 3.8) is 0 Å². The quantitative estimate of drug-likeness (QED) is 0.820. The molecule has 0 aliphatic carbocycles. The lowest BCUT2D eigenvalue weighted by molar-refractivity contribution is -0.117. The second kappa shape index (κ2) is 8.67. The van der Waals surface area contributed by atoms with Gasteiger partial charge in [-0.2, -0.15) is 0 Å². The Morgan fingerprint density at radius 1 is 1.43 bits per heavy atom. The summed E-state index contributed by atoms with van der Waals surface area (Å²) in [5.74, 6) is -0.362. The standard InChI is InChI=1S/C18H25FN2O2/c1-3-10-21-11-8-15(9-12-21)20-18(22)7-5-14-4-6-17(23-2)16(19)13-14/h4-7,13,15H,3,8-12H2,1-2H3,(H,20,22)/b7-5+. The summed E-state index contributed by atoms with van der Waals surface area (Å²) in [5, 5.41) is 3.02. The smallest absolute Gasteiger partial charge is 0.244 e. The molecule has 4 nitrogen and oxygen atoms in total. The fraction of sp³-hybridized carbons (Fsp3) is 0.500. The van der Waals surface area contributed by atoms with Gasteiger partial charge in [0.2, 0.25) is 5.91 Å². The number of ether oxygens (including phenoxy) is 1. The van der Waals surface area contributed by atoms with Gasteiger partial charge in [0.05, 0.1) is 7.11 Å². The second-order valence-corrected chi connectivity index (χ2v) is 5.85. The molecule has 5 heteroatoms. The van der Waals surface area contributed by atoms with Gasteiger partial charge in [0.1, 0.15) is 0 Å². The van der Waals surface area contributed by atoms with Crippen LogP contribution in [0.3, 0.4) is 0 Å². The predicted octanol–water partition coefficient (Wildman–Crippen LogP) is 2.84. The van der Waals surface area contributed by atoms with Crippen LogP contribution in [0.15, 0.2) is 24.3 Å². The van der Waals surface area contributed by atoms with Crippen LogP contribution >= 0.6 is 0 Å². The molecule has 0 spiro atoms. The van der Waals surface area contributed by atoms with Crippen LogP contribution in [0.2, 0.25) is 0 Å². The van der Waals surface area contributed by atoms with E-state index in [1.54, 1.807) is 18.2 Å². The molecule has 0 unspecified atom stereocenters. The third kappa shape index (κ3) is 5.36. The van der Waals surface area contributed by atoms with E-state index in [0.29, 0.717) is 5.56 Å². The topological polar surface area (TPSA) is 41.6 Å². The summed E-state index contributed by atoms with van der Waals surface area (Å²) in [5.41, 5.74) is 0.635. The number of amides is 1. The normalized spacial score (nSPS) is 16.7. The van der Waals surface area contributed by atoms with E-state index in [1.165, 1.54) is 19.3 Å². The molecule has 1 aromatic rings. The van der Waals surface area contributed by atoms with Crippen molar-refractivity contribution in [2.24, 2.45) is 0 Å². The molecule has 1 amide bonds. The van der Waals surface area contributed by atoms with Gasteiger partial charge in [0.25, 0.3) is 0 Å². The van der Waals surface area contributed by atoms with Gasteiger partial charge in [-0.3, -0.25) is 4.79 Å². The summed E-state index contributed by atoms with van der Waals surface area (Å²) in [6, 6.07) is 4.85. The van der Waals surface area contributed by atoms with Gasteiger partial charge >= 0.3 is 0 Å². The van der Waals surface area contributed by atoms with E-state index in [0.717, 1.165) is 38.9 Å². The van der Waals surface area contributed by atoms with E-state index in [9.17, 15) is 9.18 Å². The fourth-order valence-corrected chi connectivity index (χ4v) is 2.82. The Balaban J connectivity index is 1.82. The van der Waals surface area contributed by atoms with Crippen LogP contribution in [-0.4, -0.2) is 43.6 Å². The molecule has 1 fully saturated rings. The van der Waals surface area contributed by atoms with Crippen molar-refractivity contribution in [2.45, 2.75) is 32.2 Å². The van der Waals surface area contributed by atoms with E-state index in [-0.39, 0.29) is 17.7 Å². The number of hydrogen-bond acceptors (Lipinski definition) is 3. The summed E-state index contributed by atoms with van der Waals surface area (Å²) >= 11 is 0. The lowest BCUT2D eigenvalue weighted by Crippen LogP contribution is -2.44. The van der Waals surface area contributed by atoms with Crippen molar-refractivity contribution < 1.29 is 13.9 Å². The molecule has 1 heterocycles. The predicted molar refractivity (Wildman–Crippen MR) is 89.9 cm³/mol. The zero-order chi connectivity index (χ0) is 16.7. The molecule has 126 valence electrons. The summed E-state index contributed by atoms with van der Waals surface area (Å²) in [6.07, 6.45) is 6.20. The van der Waals surface area contributed by atoms with Gasteiger partial charge in [-0.05, 0) is 49.6 Å². The highest BCUT2D eigenvalue weighted by atomic mass is 19.1. The average Bonchev–Trinajstić information content (AvgIpc) is 2.55. The van der Waals surface area contributed by atoms with Crippen molar-refractivity contribution in [1.82, 2.24) is 10.2 Å². The first-order valence-corrected chi connectivity index (χ1v) is 8.17. The van der Waals surface area contributed by atoms with Crippen LogP contribution in [0.1, 0.15) is 31.7 Å². The Morgan fingerprint density at radius 3 is 2.78 bits per heavy atom. The first-order valence-electron chi connectivity index (χ1n) is 8.17. The summed E-state index contributed by atoms with van der Waals surface area (Å²) < 4.78 is 18.5. The first kappa shape index (κ1) is 17.5. The molecule has 23 heavy (non-hydrogen) atoms. The Morgan fingerprint density at radius 2 is 2.17 bits per heavy atom. The number of benzene rings is 1. The number of nitrogens with zero attached hydrogens (tertiary/aromatic N) is 1. The third-order valence-corrected chi connectivity index (χ3v) is 4.08. The average molecular weight is 320 g/mol. The SMILES string of the molecule is CCCN1CCC(NC(=O)/C=C/c2ccc(OC)c(F)c2)CC1. The maximum absolute atomic E-state index is 13.6. The molecule has 1 N–H and O–H groups in total. The monoisotopic (exact) mass is 320 g/mol. The van der Waals surface area contributed by atoms with E-state index in [4.69, 9.17) is 4.74 Å². The molecule has 1 aromatic carbocycles.